The number of amides is 1. The number of carbonyl (C=O) groups excluding carboxylic acids is 1. The van der Waals surface area contributed by atoms with Crippen molar-refractivity contribution in [2.45, 2.75) is 51.0 Å². The van der Waals surface area contributed by atoms with E-state index in [2.05, 4.69) is 5.32 Å². The molecule has 5 fully saturated rings. The molecule has 1 aliphatic heterocycles. The van der Waals surface area contributed by atoms with Gasteiger partial charge in [0.25, 0.3) is 0 Å². The summed E-state index contributed by atoms with van der Waals surface area (Å²) in [4.78, 5) is 11.1. The molecule has 5 rings (SSSR count). The predicted molar refractivity (Wildman–Crippen MR) is 63.5 cm³/mol. The van der Waals surface area contributed by atoms with Crippen LogP contribution in [0.3, 0.4) is 0 Å². The third kappa shape index (κ3) is 1.66. The zero-order valence-electron chi connectivity index (χ0n) is 10.3. The van der Waals surface area contributed by atoms with E-state index in [0.29, 0.717) is 5.41 Å². The second kappa shape index (κ2) is 3.39. The van der Waals surface area contributed by atoms with Gasteiger partial charge in [-0.05, 0) is 68.1 Å². The number of rotatable bonds is 2. The number of alkyl carbamates (subject to hydrolysis) is 1. The van der Waals surface area contributed by atoms with E-state index >= 15 is 0 Å². The first kappa shape index (κ1) is 10.2. The van der Waals surface area contributed by atoms with Gasteiger partial charge in [0.2, 0.25) is 0 Å². The highest BCUT2D eigenvalue weighted by Crippen LogP contribution is 2.61. The van der Waals surface area contributed by atoms with Gasteiger partial charge in [0.15, 0.2) is 0 Å². The van der Waals surface area contributed by atoms with Crippen molar-refractivity contribution in [2.24, 2.45) is 23.2 Å². The standard InChI is InChI=1S/C14H21NO2/c16-13-15-8-12(17-13)7-14-4-9-1-10(5-14)3-11(2-9)6-14/h9-12H,1-8H2,(H,15,16). The molecule has 1 atom stereocenters. The fraction of sp³-hybridized carbons (Fsp3) is 0.929. The molecule has 1 unspecified atom stereocenters. The van der Waals surface area contributed by atoms with E-state index in [1.807, 2.05) is 0 Å². The Morgan fingerprint density at radius 2 is 1.71 bits per heavy atom. The molecule has 1 heterocycles. The van der Waals surface area contributed by atoms with Crippen LogP contribution in [0.25, 0.3) is 0 Å². The van der Waals surface area contributed by atoms with E-state index in [1.165, 1.54) is 38.5 Å². The van der Waals surface area contributed by atoms with E-state index < -0.39 is 0 Å². The Morgan fingerprint density at radius 3 is 2.18 bits per heavy atom. The summed E-state index contributed by atoms with van der Waals surface area (Å²) in [6.07, 6.45) is 9.76. The maximum Gasteiger partial charge on any atom is 0.407 e. The summed E-state index contributed by atoms with van der Waals surface area (Å²) in [6, 6.07) is 0. The minimum absolute atomic E-state index is 0.152. The van der Waals surface area contributed by atoms with Gasteiger partial charge in [-0.3, -0.25) is 0 Å². The van der Waals surface area contributed by atoms with Crippen molar-refractivity contribution in [1.29, 1.82) is 0 Å². The van der Waals surface area contributed by atoms with Gasteiger partial charge in [-0.15, -0.1) is 0 Å². The minimum Gasteiger partial charge on any atom is -0.444 e. The van der Waals surface area contributed by atoms with Crippen LogP contribution in [-0.2, 0) is 4.74 Å². The third-order valence-corrected chi connectivity index (χ3v) is 5.57. The average Bonchev–Trinajstić information content (AvgIpc) is 2.60. The molecule has 4 aliphatic carbocycles. The normalized spacial score (nSPS) is 51.4. The van der Waals surface area contributed by atoms with Crippen LogP contribution < -0.4 is 5.32 Å². The van der Waals surface area contributed by atoms with Crippen LogP contribution in [0.15, 0.2) is 0 Å². The van der Waals surface area contributed by atoms with Crippen molar-refractivity contribution < 1.29 is 9.53 Å². The van der Waals surface area contributed by atoms with Gasteiger partial charge in [0.1, 0.15) is 6.10 Å². The summed E-state index contributed by atoms with van der Waals surface area (Å²) in [6.45, 7) is 0.737. The topological polar surface area (TPSA) is 38.3 Å². The van der Waals surface area contributed by atoms with Gasteiger partial charge in [-0.1, -0.05) is 0 Å². The number of cyclic esters (lactones) is 1. The first-order valence-electron chi connectivity index (χ1n) is 7.15. The highest BCUT2D eigenvalue weighted by molar-refractivity contribution is 5.69. The van der Waals surface area contributed by atoms with Crippen molar-refractivity contribution in [2.75, 3.05) is 6.54 Å². The molecule has 1 N–H and O–H groups in total. The second-order valence-electron chi connectivity index (χ2n) is 7.03. The van der Waals surface area contributed by atoms with Crippen LogP contribution in [0.4, 0.5) is 4.79 Å². The van der Waals surface area contributed by atoms with Crippen LogP contribution in [0, 0.1) is 23.2 Å². The van der Waals surface area contributed by atoms with E-state index in [9.17, 15) is 4.79 Å². The Bertz CT molecular complexity index is 317. The largest absolute Gasteiger partial charge is 0.444 e. The first-order valence-corrected chi connectivity index (χ1v) is 7.15. The zero-order chi connectivity index (χ0) is 11.5. The monoisotopic (exact) mass is 235 g/mol. The van der Waals surface area contributed by atoms with Crippen molar-refractivity contribution in [3.05, 3.63) is 0 Å². The Balaban J connectivity index is 1.51. The van der Waals surface area contributed by atoms with Crippen molar-refractivity contribution in [1.82, 2.24) is 5.32 Å². The van der Waals surface area contributed by atoms with Gasteiger partial charge in [0.05, 0.1) is 6.54 Å². The number of ether oxygens (including phenoxy) is 1. The molecule has 4 saturated carbocycles. The summed E-state index contributed by atoms with van der Waals surface area (Å²) in [5.74, 6) is 2.98. The van der Waals surface area contributed by atoms with Crippen molar-refractivity contribution >= 4 is 6.09 Å². The van der Waals surface area contributed by atoms with Crippen LogP contribution in [0.1, 0.15) is 44.9 Å². The Morgan fingerprint density at radius 1 is 1.12 bits per heavy atom. The number of hydrogen-bond acceptors (Lipinski definition) is 2. The lowest BCUT2D eigenvalue weighted by Gasteiger charge is -2.57. The maximum atomic E-state index is 11.1. The summed E-state index contributed by atoms with van der Waals surface area (Å²) in [5.41, 5.74) is 0.533. The smallest absolute Gasteiger partial charge is 0.407 e. The molecule has 1 saturated heterocycles. The molecule has 17 heavy (non-hydrogen) atoms. The number of hydrogen-bond donors (Lipinski definition) is 1. The zero-order valence-corrected chi connectivity index (χ0v) is 10.3. The van der Waals surface area contributed by atoms with Gasteiger partial charge in [0, 0.05) is 0 Å². The van der Waals surface area contributed by atoms with Gasteiger partial charge in [-0.2, -0.15) is 0 Å². The van der Waals surface area contributed by atoms with Crippen LogP contribution >= 0.6 is 0 Å². The maximum absolute atomic E-state index is 11.1. The van der Waals surface area contributed by atoms with Crippen LogP contribution in [-0.4, -0.2) is 18.7 Å². The Hall–Kier alpha value is -0.730. The average molecular weight is 235 g/mol. The van der Waals surface area contributed by atoms with Crippen molar-refractivity contribution in [3.8, 4) is 0 Å². The summed E-state index contributed by atoms with van der Waals surface area (Å²) in [7, 11) is 0. The van der Waals surface area contributed by atoms with Crippen LogP contribution in [0.5, 0.6) is 0 Å². The molecule has 1 amide bonds. The molecule has 0 aromatic heterocycles. The second-order valence-corrected chi connectivity index (χ2v) is 7.03. The number of carbonyl (C=O) groups is 1. The summed E-state index contributed by atoms with van der Waals surface area (Å²) < 4.78 is 5.35. The summed E-state index contributed by atoms with van der Waals surface area (Å²) >= 11 is 0. The fourth-order valence-corrected chi connectivity index (χ4v) is 5.57. The molecule has 5 aliphatic rings. The Kier molecular flexibility index (Phi) is 2.04. The minimum atomic E-state index is -0.209. The summed E-state index contributed by atoms with van der Waals surface area (Å²) in [5, 5.41) is 2.79. The quantitative estimate of drug-likeness (QED) is 0.799. The molecule has 4 bridgehead atoms. The van der Waals surface area contributed by atoms with Crippen molar-refractivity contribution in [3.63, 3.8) is 0 Å². The highest BCUT2D eigenvalue weighted by Gasteiger charge is 2.52. The predicted octanol–water partition coefficient (Wildman–Crippen LogP) is 2.70. The van der Waals surface area contributed by atoms with E-state index in [1.54, 1.807) is 0 Å². The first-order chi connectivity index (χ1) is 8.21. The molecule has 0 aromatic carbocycles. The molecule has 3 heteroatoms. The Labute approximate surface area is 102 Å². The molecule has 0 radical (unpaired) electrons. The SMILES string of the molecule is O=C1NCC(CC23CC4CC(CC(C4)C2)C3)O1. The molecule has 0 spiro atoms. The number of nitrogens with one attached hydrogen (secondary N) is 1. The van der Waals surface area contributed by atoms with E-state index in [0.717, 1.165) is 30.7 Å². The fourth-order valence-electron chi connectivity index (χ4n) is 5.57. The molecular formula is C14H21NO2. The lowest BCUT2D eigenvalue weighted by Crippen LogP contribution is -2.47. The molecule has 3 nitrogen and oxygen atoms in total. The lowest BCUT2D eigenvalue weighted by atomic mass is 9.48. The molecular weight excluding hydrogens is 214 g/mol. The highest BCUT2D eigenvalue weighted by atomic mass is 16.6. The van der Waals surface area contributed by atoms with Gasteiger partial charge in [-0.25, -0.2) is 4.79 Å². The van der Waals surface area contributed by atoms with Gasteiger partial charge < -0.3 is 10.1 Å². The van der Waals surface area contributed by atoms with Crippen LogP contribution in [0.2, 0.25) is 0 Å². The third-order valence-electron chi connectivity index (χ3n) is 5.57. The molecule has 0 aromatic rings. The van der Waals surface area contributed by atoms with E-state index in [-0.39, 0.29) is 12.2 Å². The lowest BCUT2D eigenvalue weighted by molar-refractivity contribution is -0.0721. The van der Waals surface area contributed by atoms with E-state index in [4.69, 9.17) is 4.74 Å². The van der Waals surface area contributed by atoms with Gasteiger partial charge >= 0.3 is 6.09 Å². The molecule has 94 valence electrons.